The predicted molar refractivity (Wildman–Crippen MR) is 42.7 cm³/mol. The SMILES string of the molecule is CC(=O)C(C(C)=O)C(C)=O.[LiH]. The van der Waals surface area contributed by atoms with Crippen LogP contribution in [0.3, 0.4) is 0 Å². The van der Waals surface area contributed by atoms with Crippen molar-refractivity contribution in [1.82, 2.24) is 0 Å². The summed E-state index contributed by atoms with van der Waals surface area (Å²) < 4.78 is 0. The summed E-state index contributed by atoms with van der Waals surface area (Å²) in [7, 11) is 0. The molecular weight excluding hydrogens is 139 g/mol. The van der Waals surface area contributed by atoms with Crippen LogP contribution in [0.5, 0.6) is 0 Å². The van der Waals surface area contributed by atoms with Crippen LogP contribution in [0, 0.1) is 5.92 Å². The molecular formula is C7H11LiO3. The molecule has 0 rings (SSSR count). The molecule has 0 bridgehead atoms. The van der Waals surface area contributed by atoms with Gasteiger partial charge in [-0.15, -0.1) is 0 Å². The monoisotopic (exact) mass is 150 g/mol. The third-order valence-electron chi connectivity index (χ3n) is 1.22. The predicted octanol–water partition coefficient (Wildman–Crippen LogP) is -0.279. The standard InChI is InChI=1S/C7H10O3.Li.H/c1-4(8)7(5(2)9)6(3)10;;/h7H,1-3H3;;. The van der Waals surface area contributed by atoms with Gasteiger partial charge in [-0.2, -0.15) is 0 Å². The second-order valence-electron chi connectivity index (χ2n) is 2.26. The number of carbonyl (C=O) groups is 3. The van der Waals surface area contributed by atoms with Crippen molar-refractivity contribution in [2.45, 2.75) is 20.8 Å². The first-order chi connectivity index (χ1) is 4.46. The number of Topliss-reactive ketones (excluding diaryl/α,β-unsaturated/α-hetero) is 3. The summed E-state index contributed by atoms with van der Waals surface area (Å²) in [5.74, 6) is -2.15. The molecule has 4 heteroatoms. The van der Waals surface area contributed by atoms with Crippen molar-refractivity contribution in [3.05, 3.63) is 0 Å². The summed E-state index contributed by atoms with van der Waals surface area (Å²) in [6.45, 7) is 3.73. The van der Waals surface area contributed by atoms with Crippen molar-refractivity contribution in [2.24, 2.45) is 5.92 Å². The Labute approximate surface area is 77.7 Å². The van der Waals surface area contributed by atoms with Crippen LogP contribution >= 0.6 is 0 Å². The number of rotatable bonds is 3. The first kappa shape index (κ1) is 13.2. The van der Waals surface area contributed by atoms with Crippen molar-refractivity contribution < 1.29 is 14.4 Å². The Morgan fingerprint density at radius 2 is 1.00 bits per heavy atom. The summed E-state index contributed by atoms with van der Waals surface area (Å²) in [6.07, 6.45) is 0. The van der Waals surface area contributed by atoms with E-state index < -0.39 is 5.92 Å². The minimum absolute atomic E-state index is 0. The Bertz CT molecular complexity index is 153. The molecule has 0 aromatic carbocycles. The molecule has 0 atom stereocenters. The van der Waals surface area contributed by atoms with Crippen molar-refractivity contribution in [3.8, 4) is 0 Å². The zero-order chi connectivity index (χ0) is 8.31. The van der Waals surface area contributed by atoms with E-state index in [1.165, 1.54) is 20.8 Å². The zero-order valence-electron chi connectivity index (χ0n) is 6.30. The van der Waals surface area contributed by atoms with E-state index in [0.717, 1.165) is 0 Å². The molecule has 0 fully saturated rings. The second-order valence-corrected chi connectivity index (χ2v) is 2.26. The van der Waals surface area contributed by atoms with Crippen LogP contribution in [-0.2, 0) is 14.4 Å². The van der Waals surface area contributed by atoms with Crippen LogP contribution in [0.1, 0.15) is 20.8 Å². The van der Waals surface area contributed by atoms with Gasteiger partial charge < -0.3 is 0 Å². The van der Waals surface area contributed by atoms with E-state index in [-0.39, 0.29) is 36.2 Å². The summed E-state index contributed by atoms with van der Waals surface area (Å²) >= 11 is 0. The molecule has 0 saturated heterocycles. The van der Waals surface area contributed by atoms with Gasteiger partial charge in [0, 0.05) is 0 Å². The van der Waals surface area contributed by atoms with E-state index >= 15 is 0 Å². The van der Waals surface area contributed by atoms with E-state index in [1.54, 1.807) is 0 Å². The van der Waals surface area contributed by atoms with Gasteiger partial charge in [0.25, 0.3) is 0 Å². The van der Waals surface area contributed by atoms with Gasteiger partial charge in [0.05, 0.1) is 0 Å². The van der Waals surface area contributed by atoms with E-state index in [0.29, 0.717) is 0 Å². The molecule has 0 aromatic rings. The fourth-order valence-electron chi connectivity index (χ4n) is 0.859. The topological polar surface area (TPSA) is 51.2 Å². The number of carbonyl (C=O) groups excluding carboxylic acids is 3. The summed E-state index contributed by atoms with van der Waals surface area (Å²) in [5, 5.41) is 0. The molecule has 0 aliphatic rings. The molecule has 0 saturated carbocycles. The molecule has 0 radical (unpaired) electrons. The number of ketones is 3. The van der Waals surface area contributed by atoms with Crippen molar-refractivity contribution in [1.29, 1.82) is 0 Å². The van der Waals surface area contributed by atoms with Crippen LogP contribution in [-0.4, -0.2) is 36.2 Å². The van der Waals surface area contributed by atoms with Crippen LogP contribution in [0.2, 0.25) is 0 Å². The Morgan fingerprint density at radius 3 is 1.00 bits per heavy atom. The van der Waals surface area contributed by atoms with Crippen molar-refractivity contribution >= 4 is 36.2 Å². The minimum atomic E-state index is -1.03. The molecule has 0 aliphatic carbocycles. The summed E-state index contributed by atoms with van der Waals surface area (Å²) in [6, 6.07) is 0. The van der Waals surface area contributed by atoms with Gasteiger partial charge in [0.2, 0.25) is 0 Å². The number of hydrogen-bond acceptors (Lipinski definition) is 3. The second kappa shape index (κ2) is 5.28. The fourth-order valence-corrected chi connectivity index (χ4v) is 0.859. The summed E-state index contributed by atoms with van der Waals surface area (Å²) in [5.41, 5.74) is 0. The molecule has 0 unspecified atom stereocenters. The third-order valence-corrected chi connectivity index (χ3v) is 1.22. The Balaban J connectivity index is 0. The van der Waals surface area contributed by atoms with Crippen molar-refractivity contribution in [2.75, 3.05) is 0 Å². The van der Waals surface area contributed by atoms with Gasteiger partial charge in [-0.3, -0.25) is 14.4 Å². The summed E-state index contributed by atoms with van der Waals surface area (Å²) in [4.78, 5) is 31.8. The van der Waals surface area contributed by atoms with E-state index in [9.17, 15) is 14.4 Å². The Morgan fingerprint density at radius 1 is 0.818 bits per heavy atom. The third kappa shape index (κ3) is 4.13. The molecule has 0 spiro atoms. The van der Waals surface area contributed by atoms with Crippen LogP contribution in [0.15, 0.2) is 0 Å². The van der Waals surface area contributed by atoms with Crippen molar-refractivity contribution in [3.63, 3.8) is 0 Å². The van der Waals surface area contributed by atoms with Gasteiger partial charge in [0.1, 0.15) is 23.3 Å². The molecule has 0 heterocycles. The van der Waals surface area contributed by atoms with E-state index in [1.807, 2.05) is 0 Å². The van der Waals surface area contributed by atoms with E-state index in [2.05, 4.69) is 0 Å². The first-order valence-corrected chi connectivity index (χ1v) is 2.98. The maximum absolute atomic E-state index is 10.6. The molecule has 3 nitrogen and oxygen atoms in total. The molecule has 0 aromatic heterocycles. The average Bonchev–Trinajstić information content (AvgIpc) is 1.59. The molecule has 0 amide bonds. The molecule has 0 N–H and O–H groups in total. The Hall–Kier alpha value is -0.393. The quantitative estimate of drug-likeness (QED) is 0.410. The van der Waals surface area contributed by atoms with Crippen LogP contribution in [0.4, 0.5) is 0 Å². The first-order valence-electron chi connectivity index (χ1n) is 2.98. The number of hydrogen-bond donors (Lipinski definition) is 0. The average molecular weight is 150 g/mol. The van der Waals surface area contributed by atoms with E-state index in [4.69, 9.17) is 0 Å². The van der Waals surface area contributed by atoms with Gasteiger partial charge in [0.15, 0.2) is 0 Å². The van der Waals surface area contributed by atoms with Crippen LogP contribution < -0.4 is 0 Å². The zero-order valence-corrected chi connectivity index (χ0v) is 6.30. The van der Waals surface area contributed by atoms with Gasteiger partial charge >= 0.3 is 18.9 Å². The van der Waals surface area contributed by atoms with Crippen LogP contribution in [0.25, 0.3) is 0 Å². The maximum atomic E-state index is 10.6. The Kier molecular flexibility index (Phi) is 6.35. The van der Waals surface area contributed by atoms with Gasteiger partial charge in [-0.25, -0.2) is 0 Å². The van der Waals surface area contributed by atoms with Gasteiger partial charge in [-0.1, -0.05) is 0 Å². The van der Waals surface area contributed by atoms with Gasteiger partial charge in [-0.05, 0) is 20.8 Å². The molecule has 11 heavy (non-hydrogen) atoms. The normalized spacial score (nSPS) is 8.73. The molecule has 0 aliphatic heterocycles. The fraction of sp³-hybridized carbons (Fsp3) is 0.571. The molecule has 58 valence electrons.